The molecule has 1 unspecified atom stereocenters. The standard InChI is InChI=1S/C24H31Cl2N3O4S/c1-6-20(23(31)27-24(2,3)4)28(15-17-11-13-18(25)14-12-17)22(30)16-29(34(5,32)33)21-10-8-7-9-19(21)26/h7-14,20H,6,15-16H2,1-5H3,(H,27,31). The maximum absolute atomic E-state index is 13.6. The summed E-state index contributed by atoms with van der Waals surface area (Å²) in [5.74, 6) is -0.850. The fourth-order valence-electron chi connectivity index (χ4n) is 3.41. The number of nitrogens with one attached hydrogen (secondary N) is 1. The van der Waals surface area contributed by atoms with Crippen LogP contribution in [0.4, 0.5) is 5.69 Å². The molecule has 0 aliphatic heterocycles. The Hall–Kier alpha value is -2.29. The highest BCUT2D eigenvalue weighted by Gasteiger charge is 2.33. The molecule has 0 aliphatic rings. The van der Waals surface area contributed by atoms with Gasteiger partial charge >= 0.3 is 0 Å². The molecule has 0 aliphatic carbocycles. The molecule has 0 fully saturated rings. The molecule has 2 aromatic carbocycles. The highest BCUT2D eigenvalue weighted by molar-refractivity contribution is 7.92. The summed E-state index contributed by atoms with van der Waals surface area (Å²) in [6.07, 6.45) is 1.35. The van der Waals surface area contributed by atoms with Gasteiger partial charge in [-0.15, -0.1) is 0 Å². The lowest BCUT2D eigenvalue weighted by atomic mass is 10.1. The van der Waals surface area contributed by atoms with E-state index < -0.39 is 34.1 Å². The number of halogens is 2. The van der Waals surface area contributed by atoms with Gasteiger partial charge in [0.25, 0.3) is 0 Å². The Morgan fingerprint density at radius 3 is 2.12 bits per heavy atom. The number of carbonyl (C=O) groups is 2. The third kappa shape index (κ3) is 7.89. The first-order chi connectivity index (χ1) is 15.7. The van der Waals surface area contributed by atoms with E-state index in [1.54, 1.807) is 49.4 Å². The molecule has 0 saturated carbocycles. The van der Waals surface area contributed by atoms with Gasteiger partial charge in [-0.3, -0.25) is 13.9 Å². The van der Waals surface area contributed by atoms with Crippen LogP contribution in [-0.4, -0.2) is 49.5 Å². The lowest BCUT2D eigenvalue weighted by molar-refractivity contribution is -0.141. The van der Waals surface area contributed by atoms with Crippen molar-refractivity contribution in [3.05, 3.63) is 64.1 Å². The van der Waals surface area contributed by atoms with Gasteiger partial charge in [-0.25, -0.2) is 8.42 Å². The zero-order chi connectivity index (χ0) is 25.7. The zero-order valence-corrected chi connectivity index (χ0v) is 22.3. The number of hydrogen-bond acceptors (Lipinski definition) is 4. The van der Waals surface area contributed by atoms with Crippen LogP contribution in [0.1, 0.15) is 39.7 Å². The van der Waals surface area contributed by atoms with Crippen LogP contribution in [0, 0.1) is 0 Å². The molecule has 2 amide bonds. The Kier molecular flexibility index (Phi) is 9.39. The number of anilines is 1. The Morgan fingerprint density at radius 1 is 1.03 bits per heavy atom. The molecule has 2 aromatic rings. The number of hydrogen-bond donors (Lipinski definition) is 1. The van der Waals surface area contributed by atoms with E-state index in [0.29, 0.717) is 11.4 Å². The fraction of sp³-hybridized carbons (Fsp3) is 0.417. The van der Waals surface area contributed by atoms with E-state index in [1.165, 1.54) is 11.0 Å². The molecule has 1 N–H and O–H groups in total. The third-order valence-corrected chi connectivity index (χ3v) is 6.65. The molecule has 0 radical (unpaired) electrons. The second-order valence-electron chi connectivity index (χ2n) is 9.03. The van der Waals surface area contributed by atoms with Gasteiger partial charge < -0.3 is 10.2 Å². The molecule has 0 spiro atoms. The summed E-state index contributed by atoms with van der Waals surface area (Å²) >= 11 is 12.2. The van der Waals surface area contributed by atoms with Crippen molar-refractivity contribution in [3.63, 3.8) is 0 Å². The second-order valence-corrected chi connectivity index (χ2v) is 11.8. The first-order valence-electron chi connectivity index (χ1n) is 10.8. The first-order valence-corrected chi connectivity index (χ1v) is 13.4. The van der Waals surface area contributed by atoms with Gasteiger partial charge in [-0.2, -0.15) is 0 Å². The minimum Gasteiger partial charge on any atom is -0.350 e. The van der Waals surface area contributed by atoms with Crippen LogP contribution < -0.4 is 9.62 Å². The van der Waals surface area contributed by atoms with Gasteiger partial charge in [0, 0.05) is 17.1 Å². The third-order valence-electron chi connectivity index (χ3n) is 4.95. The van der Waals surface area contributed by atoms with Crippen LogP contribution in [0.5, 0.6) is 0 Å². The zero-order valence-electron chi connectivity index (χ0n) is 20.0. The molecule has 0 bridgehead atoms. The molecule has 34 heavy (non-hydrogen) atoms. The van der Waals surface area contributed by atoms with Gasteiger partial charge in [0.2, 0.25) is 21.8 Å². The number of para-hydroxylation sites is 1. The maximum Gasteiger partial charge on any atom is 0.244 e. The number of benzene rings is 2. The molecule has 0 saturated heterocycles. The number of carbonyl (C=O) groups excluding carboxylic acids is 2. The van der Waals surface area contributed by atoms with Crippen molar-refractivity contribution in [1.29, 1.82) is 0 Å². The molecule has 2 rings (SSSR count). The van der Waals surface area contributed by atoms with Crippen LogP contribution in [0.15, 0.2) is 48.5 Å². The van der Waals surface area contributed by atoms with E-state index in [-0.39, 0.29) is 23.2 Å². The number of amides is 2. The van der Waals surface area contributed by atoms with E-state index in [2.05, 4.69) is 5.32 Å². The summed E-state index contributed by atoms with van der Waals surface area (Å²) in [5, 5.41) is 3.66. The summed E-state index contributed by atoms with van der Waals surface area (Å²) in [6.45, 7) is 6.96. The van der Waals surface area contributed by atoms with E-state index in [4.69, 9.17) is 23.2 Å². The molecule has 0 aromatic heterocycles. The van der Waals surface area contributed by atoms with Gasteiger partial charge in [-0.1, -0.05) is 54.4 Å². The predicted molar refractivity (Wildman–Crippen MR) is 138 cm³/mol. The van der Waals surface area contributed by atoms with Crippen molar-refractivity contribution < 1.29 is 18.0 Å². The Labute approximate surface area is 212 Å². The topological polar surface area (TPSA) is 86.8 Å². The second kappa shape index (κ2) is 11.4. The first kappa shape index (κ1) is 28.0. The lowest BCUT2D eigenvalue weighted by Gasteiger charge is -2.34. The van der Waals surface area contributed by atoms with Gasteiger partial charge in [0.15, 0.2) is 0 Å². The smallest absolute Gasteiger partial charge is 0.244 e. The molecule has 0 heterocycles. The van der Waals surface area contributed by atoms with Gasteiger partial charge in [0.05, 0.1) is 17.0 Å². The highest BCUT2D eigenvalue weighted by Crippen LogP contribution is 2.27. The lowest BCUT2D eigenvalue weighted by Crippen LogP contribution is -2.55. The van der Waals surface area contributed by atoms with E-state index in [9.17, 15) is 18.0 Å². The summed E-state index contributed by atoms with van der Waals surface area (Å²) in [7, 11) is -3.85. The molecular weight excluding hydrogens is 497 g/mol. The molecule has 1 atom stereocenters. The number of sulfonamides is 1. The average Bonchev–Trinajstić information content (AvgIpc) is 2.71. The van der Waals surface area contributed by atoms with Crippen LogP contribution in [0.25, 0.3) is 0 Å². The number of rotatable bonds is 9. The minimum atomic E-state index is -3.85. The van der Waals surface area contributed by atoms with Crippen molar-refractivity contribution in [2.24, 2.45) is 0 Å². The van der Waals surface area contributed by atoms with Crippen molar-refractivity contribution in [3.8, 4) is 0 Å². The van der Waals surface area contributed by atoms with E-state index >= 15 is 0 Å². The summed E-state index contributed by atoms with van der Waals surface area (Å²) in [5.41, 5.74) is 0.442. The monoisotopic (exact) mass is 527 g/mol. The Morgan fingerprint density at radius 2 is 1.62 bits per heavy atom. The van der Waals surface area contributed by atoms with Crippen molar-refractivity contribution in [2.45, 2.75) is 52.2 Å². The summed E-state index contributed by atoms with van der Waals surface area (Å²) < 4.78 is 26.2. The average molecular weight is 529 g/mol. The fourth-order valence-corrected chi connectivity index (χ4v) is 4.68. The van der Waals surface area contributed by atoms with Crippen molar-refractivity contribution >= 4 is 50.7 Å². The quantitative estimate of drug-likeness (QED) is 0.520. The maximum atomic E-state index is 13.6. The SMILES string of the molecule is CCC(C(=O)NC(C)(C)C)N(Cc1ccc(Cl)cc1)C(=O)CN(c1ccccc1Cl)S(C)(=O)=O. The van der Waals surface area contributed by atoms with Crippen LogP contribution in [0.2, 0.25) is 10.0 Å². The van der Waals surface area contributed by atoms with Crippen LogP contribution >= 0.6 is 23.2 Å². The number of nitrogens with zero attached hydrogens (tertiary/aromatic N) is 2. The van der Waals surface area contributed by atoms with E-state index in [0.717, 1.165) is 16.1 Å². The molecule has 10 heteroatoms. The van der Waals surface area contributed by atoms with Gasteiger partial charge in [0.1, 0.15) is 12.6 Å². The normalized spacial score (nSPS) is 12.7. The van der Waals surface area contributed by atoms with Crippen molar-refractivity contribution in [2.75, 3.05) is 17.1 Å². The highest BCUT2D eigenvalue weighted by atomic mass is 35.5. The molecule has 7 nitrogen and oxygen atoms in total. The van der Waals surface area contributed by atoms with Crippen LogP contribution in [0.3, 0.4) is 0 Å². The minimum absolute atomic E-state index is 0.103. The van der Waals surface area contributed by atoms with Crippen LogP contribution in [-0.2, 0) is 26.2 Å². The van der Waals surface area contributed by atoms with Crippen molar-refractivity contribution in [1.82, 2.24) is 10.2 Å². The molecule has 186 valence electrons. The van der Waals surface area contributed by atoms with E-state index in [1.807, 2.05) is 20.8 Å². The summed E-state index contributed by atoms with van der Waals surface area (Å²) in [4.78, 5) is 28.1. The molecular formula is C24H31Cl2N3O4S. The Bertz CT molecular complexity index is 1120. The predicted octanol–water partition coefficient (Wildman–Crippen LogP) is 4.48. The largest absolute Gasteiger partial charge is 0.350 e. The van der Waals surface area contributed by atoms with Gasteiger partial charge in [-0.05, 0) is 57.0 Å². The summed E-state index contributed by atoms with van der Waals surface area (Å²) in [6, 6.07) is 12.5. The Balaban J connectivity index is 2.46.